The lowest BCUT2D eigenvalue weighted by Gasteiger charge is -2.55. The van der Waals surface area contributed by atoms with E-state index in [1.807, 2.05) is 5.57 Å². The van der Waals surface area contributed by atoms with Gasteiger partial charge in [-0.2, -0.15) is 0 Å². The van der Waals surface area contributed by atoms with Crippen molar-refractivity contribution < 1.29 is 0 Å². The highest BCUT2D eigenvalue weighted by Crippen LogP contribution is 2.70. The highest BCUT2D eigenvalue weighted by Gasteiger charge is 2.67. The zero-order valence-corrected chi connectivity index (χ0v) is 36.5. The highest BCUT2D eigenvalue weighted by molar-refractivity contribution is 7.04. The van der Waals surface area contributed by atoms with Gasteiger partial charge in [-0.15, -0.1) is 6.58 Å². The van der Waals surface area contributed by atoms with Crippen LogP contribution in [0.5, 0.6) is 0 Å². The Labute approximate surface area is 336 Å². The van der Waals surface area contributed by atoms with Crippen LogP contribution in [0, 0.1) is 69.0 Å². The summed E-state index contributed by atoms with van der Waals surface area (Å²) in [4.78, 5) is 0. The Balaban J connectivity index is 1.34. The van der Waals surface area contributed by atoms with Gasteiger partial charge in [-0.05, 0) is 143 Å². The second-order valence-electron chi connectivity index (χ2n) is 22.1. The number of benzene rings is 2. The first-order valence-electron chi connectivity index (χ1n) is 22.4. The molecular formula is C54H70Si. The molecule has 0 aliphatic heterocycles. The molecule has 9 rings (SSSR count). The van der Waals surface area contributed by atoms with E-state index >= 15 is 0 Å². The summed E-state index contributed by atoms with van der Waals surface area (Å²) < 4.78 is 0. The van der Waals surface area contributed by atoms with Gasteiger partial charge in [-0.3, -0.25) is 0 Å². The van der Waals surface area contributed by atoms with Crippen molar-refractivity contribution in [2.45, 2.75) is 118 Å². The third-order valence-electron chi connectivity index (χ3n) is 17.6. The Hall–Kier alpha value is -2.90. The third-order valence-corrected chi connectivity index (χ3v) is 23.9. The van der Waals surface area contributed by atoms with E-state index in [2.05, 4.69) is 171 Å². The van der Waals surface area contributed by atoms with Crippen molar-refractivity contribution in [2.24, 2.45) is 69.0 Å². The quantitative estimate of drug-likeness (QED) is 0.195. The second kappa shape index (κ2) is 13.3. The topological polar surface area (TPSA) is 0 Å². The predicted molar refractivity (Wildman–Crippen MR) is 238 cm³/mol. The zero-order chi connectivity index (χ0) is 38.5. The van der Waals surface area contributed by atoms with Gasteiger partial charge in [0.05, 0.1) is 0 Å². The van der Waals surface area contributed by atoms with Crippen molar-refractivity contribution in [3.8, 4) is 0 Å². The molecule has 0 heterocycles. The monoisotopic (exact) mass is 747 g/mol. The summed E-state index contributed by atoms with van der Waals surface area (Å²) in [5.41, 5.74) is 7.52. The predicted octanol–water partition coefficient (Wildman–Crippen LogP) is 13.3. The van der Waals surface area contributed by atoms with Gasteiger partial charge >= 0.3 is 0 Å². The summed E-state index contributed by atoms with van der Waals surface area (Å²) in [6, 6.07) is 24.7. The van der Waals surface area contributed by atoms with E-state index in [1.54, 1.807) is 21.5 Å². The van der Waals surface area contributed by atoms with E-state index in [-0.39, 0.29) is 16.2 Å². The molecule has 2 aromatic carbocycles. The molecule has 7 aliphatic carbocycles. The molecule has 0 amide bonds. The van der Waals surface area contributed by atoms with Crippen molar-refractivity contribution in [3.63, 3.8) is 0 Å². The molecule has 4 saturated carbocycles. The zero-order valence-electron chi connectivity index (χ0n) is 35.5. The van der Waals surface area contributed by atoms with Crippen LogP contribution in [-0.4, -0.2) is 8.07 Å². The number of hydrogen-bond acceptors (Lipinski definition) is 0. The maximum atomic E-state index is 4.21. The Morgan fingerprint density at radius 2 is 1.18 bits per heavy atom. The molecule has 0 bridgehead atoms. The maximum Gasteiger partial charge on any atom is 0.125 e. The standard InChI is InChI=1S/C54H70Si/c1-10-11-20-36-31-49(40-26-19-18-25-39(36)40)55(37-21-14-12-15-22-37,38-23-16-13-17-24-38)50-43-34-47-45(51(2,3)27-29-53(47,6)7)32-41(43)42-33-46-48(35-44(42)50)54(8,9)30-28-52(46,4)5/h10,12-19,21-26,32-34,36,39-44,48-50H,1,11,20,27-31,35H2,2-9H3. The molecule has 0 radical (unpaired) electrons. The van der Waals surface area contributed by atoms with E-state index in [4.69, 9.17) is 0 Å². The Bertz CT molecular complexity index is 1900. The fourth-order valence-electron chi connectivity index (χ4n) is 14.6. The first-order valence-corrected chi connectivity index (χ1v) is 24.6. The van der Waals surface area contributed by atoms with Crippen LogP contribution in [0.2, 0.25) is 11.1 Å². The minimum absolute atomic E-state index is 0.204. The average molecular weight is 747 g/mol. The van der Waals surface area contributed by atoms with Gasteiger partial charge in [0.1, 0.15) is 8.07 Å². The first kappa shape index (κ1) is 37.7. The molecule has 7 aliphatic rings. The molecule has 290 valence electrons. The van der Waals surface area contributed by atoms with Gasteiger partial charge in [0.2, 0.25) is 0 Å². The molecule has 1 heteroatoms. The summed E-state index contributed by atoms with van der Waals surface area (Å²) >= 11 is 0. The van der Waals surface area contributed by atoms with Crippen LogP contribution in [0.15, 0.2) is 133 Å². The Morgan fingerprint density at radius 1 is 0.618 bits per heavy atom. The number of rotatable bonds is 7. The van der Waals surface area contributed by atoms with Crippen molar-refractivity contribution in [1.29, 1.82) is 0 Å². The maximum absolute atomic E-state index is 4.21. The largest absolute Gasteiger partial charge is 0.125 e. The van der Waals surface area contributed by atoms with Gasteiger partial charge in [-0.25, -0.2) is 0 Å². The minimum Gasteiger partial charge on any atom is -0.103 e. The number of allylic oxidation sites excluding steroid dienone is 11. The first-order chi connectivity index (χ1) is 26.2. The lowest BCUT2D eigenvalue weighted by molar-refractivity contribution is 0.0852. The van der Waals surface area contributed by atoms with Crippen LogP contribution in [0.1, 0.15) is 107 Å². The molecule has 2 aromatic rings. The molecule has 0 nitrogen and oxygen atoms in total. The number of hydrogen-bond donors (Lipinski definition) is 0. The van der Waals surface area contributed by atoms with E-state index in [1.165, 1.54) is 44.9 Å². The Morgan fingerprint density at radius 3 is 1.78 bits per heavy atom. The van der Waals surface area contributed by atoms with Crippen LogP contribution in [-0.2, 0) is 0 Å². The molecule has 55 heavy (non-hydrogen) atoms. The van der Waals surface area contributed by atoms with Crippen molar-refractivity contribution in [2.75, 3.05) is 0 Å². The molecule has 0 spiro atoms. The fraction of sp³-hybridized carbons (Fsp3) is 0.556. The summed E-state index contributed by atoms with van der Waals surface area (Å²) in [6.45, 7) is 24.9. The van der Waals surface area contributed by atoms with E-state index in [0.29, 0.717) is 63.8 Å². The van der Waals surface area contributed by atoms with Gasteiger partial charge in [0, 0.05) is 0 Å². The average Bonchev–Trinajstić information content (AvgIpc) is 3.71. The highest BCUT2D eigenvalue weighted by atomic mass is 28.3. The summed E-state index contributed by atoms with van der Waals surface area (Å²) in [7, 11) is -2.58. The SMILES string of the molecule is C=CCCC1CC([Si](c2ccccc2)(c2ccccc2)C2C3C=C4C(=CC3C3C=C5C(CC32)C(C)(C)CCC5(C)C)C(C)(C)CCC4(C)C)C2C=CC=CC12. The van der Waals surface area contributed by atoms with Crippen LogP contribution in [0.3, 0.4) is 0 Å². The fourth-order valence-corrected chi connectivity index (χ4v) is 22.1. The second-order valence-corrected chi connectivity index (χ2v) is 26.4. The van der Waals surface area contributed by atoms with Crippen LogP contribution in [0.4, 0.5) is 0 Å². The Kier molecular flexibility index (Phi) is 9.13. The lowest BCUT2D eigenvalue weighted by Crippen LogP contribution is -2.67. The molecule has 0 aromatic heterocycles. The molecule has 0 N–H and O–H groups in total. The van der Waals surface area contributed by atoms with Crippen LogP contribution < -0.4 is 10.4 Å². The lowest BCUT2D eigenvalue weighted by atomic mass is 9.52. The molecule has 10 unspecified atom stereocenters. The van der Waals surface area contributed by atoms with Crippen LogP contribution in [0.25, 0.3) is 0 Å². The minimum atomic E-state index is -2.58. The summed E-state index contributed by atoms with van der Waals surface area (Å²) in [5.74, 6) is 4.92. The molecular weight excluding hydrogens is 677 g/mol. The normalized spacial score (nSPS) is 37.3. The van der Waals surface area contributed by atoms with E-state index < -0.39 is 8.07 Å². The molecule has 4 fully saturated rings. The van der Waals surface area contributed by atoms with Crippen molar-refractivity contribution in [3.05, 3.63) is 133 Å². The van der Waals surface area contributed by atoms with Crippen molar-refractivity contribution >= 4 is 18.4 Å². The van der Waals surface area contributed by atoms with E-state index in [9.17, 15) is 0 Å². The van der Waals surface area contributed by atoms with Crippen molar-refractivity contribution in [1.82, 2.24) is 0 Å². The van der Waals surface area contributed by atoms with Gasteiger partial charge in [0.25, 0.3) is 0 Å². The summed E-state index contributed by atoms with van der Waals surface area (Å²) in [5, 5.41) is 3.41. The van der Waals surface area contributed by atoms with E-state index in [0.717, 1.165) is 6.42 Å². The van der Waals surface area contributed by atoms with Gasteiger partial charge < -0.3 is 0 Å². The van der Waals surface area contributed by atoms with Crippen LogP contribution >= 0.6 is 0 Å². The van der Waals surface area contributed by atoms with Gasteiger partial charge in [-0.1, -0.05) is 181 Å². The third kappa shape index (κ3) is 5.77. The molecule has 10 atom stereocenters. The summed E-state index contributed by atoms with van der Waals surface area (Å²) in [6.07, 6.45) is 31.5. The number of fused-ring (bicyclic) bond motifs is 6. The molecule has 0 saturated heterocycles. The van der Waals surface area contributed by atoms with Gasteiger partial charge in [0.15, 0.2) is 0 Å². The smallest absolute Gasteiger partial charge is 0.103 e.